The van der Waals surface area contributed by atoms with Crippen LogP contribution in [0.1, 0.15) is 12.0 Å². The van der Waals surface area contributed by atoms with Gasteiger partial charge in [-0.3, -0.25) is 18.9 Å². The normalized spacial score (nSPS) is 15.5. The zero-order valence-electron chi connectivity index (χ0n) is 13.9. The average Bonchev–Trinajstić information content (AvgIpc) is 3.00. The lowest BCUT2D eigenvalue weighted by Gasteiger charge is -2.17. The first-order valence-electron chi connectivity index (χ1n) is 8.04. The van der Waals surface area contributed by atoms with Crippen LogP contribution in [0, 0.1) is 0 Å². The molecular weight excluding hydrogens is 356 g/mol. The minimum Gasteiger partial charge on any atom is -0.344 e. The first-order valence-corrected chi connectivity index (χ1v) is 9.65. The van der Waals surface area contributed by atoms with Gasteiger partial charge in [0.15, 0.2) is 0 Å². The number of rotatable bonds is 4. The number of carbonyl (C=O) groups excluding carboxylic acids is 2. The molecule has 2 heterocycles. The van der Waals surface area contributed by atoms with E-state index in [0.717, 1.165) is 5.56 Å². The topological polar surface area (TPSA) is 108 Å². The maximum atomic E-state index is 11.9. The second-order valence-electron chi connectivity index (χ2n) is 5.79. The summed E-state index contributed by atoms with van der Waals surface area (Å²) in [7, 11) is -3.25. The summed E-state index contributed by atoms with van der Waals surface area (Å²) >= 11 is 0. The van der Waals surface area contributed by atoms with Crippen LogP contribution in [0.3, 0.4) is 0 Å². The maximum Gasteiger partial charge on any atom is 0.313 e. The number of nitrogens with one attached hydrogen (secondary N) is 2. The number of aromatic nitrogens is 1. The molecule has 0 radical (unpaired) electrons. The predicted octanol–water partition coefficient (Wildman–Crippen LogP) is 0.876. The van der Waals surface area contributed by atoms with Gasteiger partial charge in [0.1, 0.15) is 0 Å². The molecule has 8 nitrogen and oxygen atoms in total. The molecule has 0 atom stereocenters. The third kappa shape index (κ3) is 4.17. The van der Waals surface area contributed by atoms with Crippen molar-refractivity contribution in [3.8, 4) is 0 Å². The van der Waals surface area contributed by atoms with Gasteiger partial charge in [-0.25, -0.2) is 8.42 Å². The molecule has 3 rings (SSSR count). The number of sulfonamides is 1. The molecule has 1 aliphatic rings. The van der Waals surface area contributed by atoms with Crippen LogP contribution in [0.25, 0.3) is 0 Å². The summed E-state index contributed by atoms with van der Waals surface area (Å²) in [6.45, 7) is 0.649. The van der Waals surface area contributed by atoms with Gasteiger partial charge in [-0.15, -0.1) is 0 Å². The quantitative estimate of drug-likeness (QED) is 0.772. The van der Waals surface area contributed by atoms with Gasteiger partial charge in [0.2, 0.25) is 10.0 Å². The second-order valence-corrected chi connectivity index (χ2v) is 7.80. The monoisotopic (exact) mass is 374 g/mol. The van der Waals surface area contributed by atoms with Gasteiger partial charge in [0, 0.05) is 31.2 Å². The first kappa shape index (κ1) is 17.9. The fourth-order valence-electron chi connectivity index (χ4n) is 2.59. The molecule has 136 valence electrons. The highest BCUT2D eigenvalue weighted by atomic mass is 32.2. The van der Waals surface area contributed by atoms with E-state index in [1.807, 2.05) is 0 Å². The van der Waals surface area contributed by atoms with Crippen LogP contribution in [-0.4, -0.2) is 37.5 Å². The summed E-state index contributed by atoms with van der Waals surface area (Å²) < 4.78 is 25.2. The summed E-state index contributed by atoms with van der Waals surface area (Å²) in [4.78, 5) is 27.7. The van der Waals surface area contributed by atoms with Crippen molar-refractivity contribution in [3.63, 3.8) is 0 Å². The molecule has 0 saturated carbocycles. The molecule has 2 N–H and O–H groups in total. The molecule has 1 aromatic carbocycles. The van der Waals surface area contributed by atoms with E-state index >= 15 is 0 Å². The van der Waals surface area contributed by atoms with Gasteiger partial charge in [-0.05, 0) is 42.3 Å². The number of nitrogens with zero attached hydrogens (tertiary/aromatic N) is 2. The third-order valence-electron chi connectivity index (χ3n) is 3.89. The average molecular weight is 374 g/mol. The van der Waals surface area contributed by atoms with Crippen molar-refractivity contribution in [1.82, 2.24) is 10.3 Å². The molecule has 1 aliphatic heterocycles. The van der Waals surface area contributed by atoms with Crippen LogP contribution in [0.4, 0.5) is 11.4 Å². The number of anilines is 2. The Kier molecular flexibility index (Phi) is 5.17. The van der Waals surface area contributed by atoms with Gasteiger partial charge in [0.25, 0.3) is 0 Å². The van der Waals surface area contributed by atoms with Gasteiger partial charge >= 0.3 is 11.8 Å². The van der Waals surface area contributed by atoms with Crippen LogP contribution in [0.2, 0.25) is 0 Å². The Hall–Kier alpha value is -2.94. The lowest BCUT2D eigenvalue weighted by Crippen LogP contribution is -2.35. The van der Waals surface area contributed by atoms with E-state index in [1.165, 1.54) is 4.31 Å². The van der Waals surface area contributed by atoms with E-state index in [4.69, 9.17) is 0 Å². The van der Waals surface area contributed by atoms with Crippen LogP contribution < -0.4 is 14.9 Å². The van der Waals surface area contributed by atoms with Gasteiger partial charge in [-0.1, -0.05) is 6.07 Å². The molecule has 1 aromatic heterocycles. The van der Waals surface area contributed by atoms with Crippen molar-refractivity contribution in [1.29, 1.82) is 0 Å². The Balaban J connectivity index is 1.56. The van der Waals surface area contributed by atoms with E-state index < -0.39 is 21.8 Å². The summed E-state index contributed by atoms with van der Waals surface area (Å²) in [6.07, 6.45) is 3.82. The fraction of sp³-hybridized carbons (Fsp3) is 0.235. The van der Waals surface area contributed by atoms with E-state index in [1.54, 1.807) is 48.8 Å². The van der Waals surface area contributed by atoms with Gasteiger partial charge in [0.05, 0.1) is 11.4 Å². The van der Waals surface area contributed by atoms with Crippen molar-refractivity contribution >= 4 is 33.2 Å². The Labute approximate surface area is 151 Å². The van der Waals surface area contributed by atoms with Crippen molar-refractivity contribution in [3.05, 3.63) is 54.4 Å². The number of benzene rings is 1. The van der Waals surface area contributed by atoms with Crippen molar-refractivity contribution < 1.29 is 18.0 Å². The molecule has 0 unspecified atom stereocenters. The lowest BCUT2D eigenvalue weighted by atomic mass is 10.2. The van der Waals surface area contributed by atoms with E-state index in [2.05, 4.69) is 15.6 Å². The highest BCUT2D eigenvalue weighted by Gasteiger charge is 2.28. The van der Waals surface area contributed by atoms with Crippen LogP contribution in [0.15, 0.2) is 48.8 Å². The number of carbonyl (C=O) groups is 2. The maximum absolute atomic E-state index is 11.9. The summed E-state index contributed by atoms with van der Waals surface area (Å²) in [5, 5.41) is 4.99. The first-order chi connectivity index (χ1) is 12.5. The minimum atomic E-state index is -3.25. The fourth-order valence-corrected chi connectivity index (χ4v) is 4.16. The Morgan fingerprint density at radius 2 is 1.88 bits per heavy atom. The molecule has 2 aromatic rings. The molecule has 0 aliphatic carbocycles. The van der Waals surface area contributed by atoms with Crippen LogP contribution >= 0.6 is 0 Å². The zero-order valence-corrected chi connectivity index (χ0v) is 14.7. The van der Waals surface area contributed by atoms with E-state index in [9.17, 15) is 18.0 Å². The van der Waals surface area contributed by atoms with Crippen molar-refractivity contribution in [2.24, 2.45) is 0 Å². The molecule has 2 amide bonds. The standard InChI is InChI=1S/C17H18N4O4S/c22-16(19-12-13-3-1-8-18-11-13)17(23)20-14-4-6-15(7-5-14)21-9-2-10-26(21,24)25/h1,3-8,11H,2,9-10,12H2,(H,19,22)(H,20,23). The highest BCUT2D eigenvalue weighted by molar-refractivity contribution is 7.93. The highest BCUT2D eigenvalue weighted by Crippen LogP contribution is 2.25. The summed E-state index contributed by atoms with van der Waals surface area (Å²) in [5.74, 6) is -1.42. The Morgan fingerprint density at radius 1 is 1.12 bits per heavy atom. The number of hydrogen-bond acceptors (Lipinski definition) is 5. The van der Waals surface area contributed by atoms with Gasteiger partial charge < -0.3 is 10.6 Å². The lowest BCUT2D eigenvalue weighted by molar-refractivity contribution is -0.136. The van der Waals surface area contributed by atoms with Gasteiger partial charge in [-0.2, -0.15) is 0 Å². The predicted molar refractivity (Wildman–Crippen MR) is 96.9 cm³/mol. The van der Waals surface area contributed by atoms with Crippen molar-refractivity contribution in [2.45, 2.75) is 13.0 Å². The molecule has 1 fully saturated rings. The SMILES string of the molecule is O=C(NCc1cccnc1)C(=O)Nc1ccc(N2CCCS2(=O)=O)cc1. The summed E-state index contributed by atoms with van der Waals surface area (Å²) in [5.41, 5.74) is 1.73. The van der Waals surface area contributed by atoms with Crippen LogP contribution in [-0.2, 0) is 26.2 Å². The Morgan fingerprint density at radius 3 is 2.50 bits per heavy atom. The summed E-state index contributed by atoms with van der Waals surface area (Å²) in [6, 6.07) is 9.86. The van der Waals surface area contributed by atoms with E-state index in [0.29, 0.717) is 24.3 Å². The molecule has 9 heteroatoms. The zero-order chi connectivity index (χ0) is 18.6. The van der Waals surface area contributed by atoms with E-state index in [-0.39, 0.29) is 12.3 Å². The second kappa shape index (κ2) is 7.52. The number of hydrogen-bond donors (Lipinski definition) is 2. The largest absolute Gasteiger partial charge is 0.344 e. The minimum absolute atomic E-state index is 0.141. The van der Waals surface area contributed by atoms with Crippen LogP contribution in [0.5, 0.6) is 0 Å². The molecule has 1 saturated heterocycles. The third-order valence-corrected chi connectivity index (χ3v) is 5.76. The smallest absolute Gasteiger partial charge is 0.313 e. The van der Waals surface area contributed by atoms with Crippen molar-refractivity contribution in [2.75, 3.05) is 21.9 Å². The molecule has 26 heavy (non-hydrogen) atoms. The molecule has 0 spiro atoms. The molecular formula is C17H18N4O4S. The number of pyridine rings is 1. The Bertz CT molecular complexity index is 898. The number of amides is 2. The molecule has 0 bridgehead atoms.